The third-order valence-corrected chi connectivity index (χ3v) is 5.39. The van der Waals surface area contributed by atoms with Gasteiger partial charge in [0.05, 0.1) is 12.1 Å². The summed E-state index contributed by atoms with van der Waals surface area (Å²) in [7, 11) is 0. The van der Waals surface area contributed by atoms with E-state index in [-0.39, 0.29) is 6.04 Å². The highest BCUT2D eigenvalue weighted by atomic mass is 16.6. The fraction of sp³-hybridized carbons (Fsp3) is 0.370. The molecule has 0 fully saturated rings. The van der Waals surface area contributed by atoms with Crippen molar-refractivity contribution >= 4 is 16.9 Å². The van der Waals surface area contributed by atoms with Crippen molar-refractivity contribution in [2.45, 2.75) is 57.9 Å². The third kappa shape index (κ3) is 6.81. The van der Waals surface area contributed by atoms with E-state index in [1.807, 2.05) is 63.2 Å². The maximum absolute atomic E-state index is 12.4. The van der Waals surface area contributed by atoms with Gasteiger partial charge in [0, 0.05) is 12.6 Å². The van der Waals surface area contributed by atoms with Gasteiger partial charge in [0.15, 0.2) is 0 Å². The van der Waals surface area contributed by atoms with Crippen molar-refractivity contribution in [2.24, 2.45) is 0 Å². The molecule has 0 aliphatic heterocycles. The molecule has 1 amide bonds. The number of fused-ring (bicyclic) bond motifs is 1. The van der Waals surface area contributed by atoms with Crippen LogP contribution in [0, 0.1) is 0 Å². The molecule has 5 nitrogen and oxygen atoms in total. The highest BCUT2D eigenvalue weighted by Gasteiger charge is 2.25. The van der Waals surface area contributed by atoms with Crippen LogP contribution in [-0.2, 0) is 11.2 Å². The molecule has 3 atom stereocenters. The van der Waals surface area contributed by atoms with Crippen LogP contribution in [0.15, 0.2) is 72.8 Å². The van der Waals surface area contributed by atoms with Crippen LogP contribution in [-0.4, -0.2) is 35.5 Å². The van der Waals surface area contributed by atoms with Gasteiger partial charge in [0.1, 0.15) is 5.60 Å². The average Bonchev–Trinajstić information content (AvgIpc) is 2.76. The van der Waals surface area contributed by atoms with Gasteiger partial charge in [0.25, 0.3) is 0 Å². The number of aliphatic hydroxyl groups is 1. The Balaban J connectivity index is 1.69. The highest BCUT2D eigenvalue weighted by molar-refractivity contribution is 5.86. The molecular weight excluding hydrogens is 400 g/mol. The lowest BCUT2D eigenvalue weighted by Crippen LogP contribution is -2.50. The number of amides is 1. The summed E-state index contributed by atoms with van der Waals surface area (Å²) in [4.78, 5) is 12.4. The third-order valence-electron chi connectivity index (χ3n) is 5.39. The molecular formula is C27H34N2O3. The van der Waals surface area contributed by atoms with Gasteiger partial charge in [0.2, 0.25) is 0 Å². The van der Waals surface area contributed by atoms with E-state index >= 15 is 0 Å². The van der Waals surface area contributed by atoms with Gasteiger partial charge in [-0.05, 0) is 56.0 Å². The minimum absolute atomic E-state index is 0.0367. The van der Waals surface area contributed by atoms with Gasteiger partial charge < -0.3 is 20.5 Å². The molecule has 3 aromatic rings. The smallest absolute Gasteiger partial charge is 0.407 e. The van der Waals surface area contributed by atoms with Crippen molar-refractivity contribution < 1.29 is 14.6 Å². The van der Waals surface area contributed by atoms with Crippen molar-refractivity contribution in [2.75, 3.05) is 6.54 Å². The number of alkyl carbamates (subject to hydrolysis) is 1. The van der Waals surface area contributed by atoms with Gasteiger partial charge in [-0.1, -0.05) is 72.8 Å². The monoisotopic (exact) mass is 434 g/mol. The fourth-order valence-corrected chi connectivity index (χ4v) is 3.79. The van der Waals surface area contributed by atoms with Gasteiger partial charge >= 0.3 is 6.09 Å². The number of nitrogens with one attached hydrogen (secondary N) is 2. The topological polar surface area (TPSA) is 70.6 Å². The maximum Gasteiger partial charge on any atom is 0.407 e. The van der Waals surface area contributed by atoms with Crippen molar-refractivity contribution in [3.8, 4) is 0 Å². The molecule has 3 aromatic carbocycles. The van der Waals surface area contributed by atoms with Gasteiger partial charge in [-0.25, -0.2) is 4.79 Å². The number of hydrogen-bond acceptors (Lipinski definition) is 4. The molecule has 3 rings (SSSR count). The Kier molecular flexibility index (Phi) is 7.89. The summed E-state index contributed by atoms with van der Waals surface area (Å²) in [6.07, 6.45) is -0.814. The van der Waals surface area contributed by atoms with Crippen molar-refractivity contribution in [3.05, 3.63) is 83.9 Å². The second-order valence-electron chi connectivity index (χ2n) is 9.21. The number of aliphatic hydroxyl groups excluding tert-OH is 1. The zero-order chi connectivity index (χ0) is 23.1. The van der Waals surface area contributed by atoms with Crippen LogP contribution >= 0.6 is 0 Å². The quantitative estimate of drug-likeness (QED) is 0.467. The van der Waals surface area contributed by atoms with Crippen molar-refractivity contribution in [1.82, 2.24) is 10.6 Å². The van der Waals surface area contributed by atoms with E-state index in [4.69, 9.17) is 4.74 Å². The molecule has 0 aromatic heterocycles. The van der Waals surface area contributed by atoms with Crippen LogP contribution in [0.2, 0.25) is 0 Å². The predicted octanol–water partition coefficient (Wildman–Crippen LogP) is 4.99. The lowest BCUT2D eigenvalue weighted by atomic mass is 9.98. The van der Waals surface area contributed by atoms with E-state index in [1.54, 1.807) is 0 Å². The first-order chi connectivity index (χ1) is 15.2. The van der Waals surface area contributed by atoms with E-state index in [9.17, 15) is 9.90 Å². The summed E-state index contributed by atoms with van der Waals surface area (Å²) in [6.45, 7) is 7.88. The summed E-state index contributed by atoms with van der Waals surface area (Å²) in [5.74, 6) is 0. The molecule has 0 radical (unpaired) electrons. The van der Waals surface area contributed by atoms with Gasteiger partial charge in [-0.3, -0.25) is 0 Å². The molecule has 170 valence electrons. The SMILES string of the molecule is C[C@H](NC[C@@H](O)[C@H](Cc1ccccc1)NC(=O)OC(C)(C)C)c1cccc2ccccc12. The first-order valence-corrected chi connectivity index (χ1v) is 11.2. The summed E-state index contributed by atoms with van der Waals surface area (Å²) < 4.78 is 5.42. The van der Waals surface area contributed by atoms with E-state index < -0.39 is 23.8 Å². The number of carbonyl (C=O) groups is 1. The molecule has 0 saturated heterocycles. The molecule has 0 bridgehead atoms. The molecule has 32 heavy (non-hydrogen) atoms. The lowest BCUT2D eigenvalue weighted by molar-refractivity contribution is 0.0420. The Labute approximate surface area is 190 Å². The summed E-state index contributed by atoms with van der Waals surface area (Å²) in [6, 6.07) is 23.9. The molecule has 0 aliphatic rings. The minimum atomic E-state index is -0.792. The summed E-state index contributed by atoms with van der Waals surface area (Å²) >= 11 is 0. The van der Waals surface area contributed by atoms with Crippen molar-refractivity contribution in [1.29, 1.82) is 0 Å². The zero-order valence-corrected chi connectivity index (χ0v) is 19.3. The number of hydrogen-bond donors (Lipinski definition) is 3. The van der Waals surface area contributed by atoms with Crippen LogP contribution in [0.25, 0.3) is 10.8 Å². The Morgan fingerprint density at radius 2 is 1.62 bits per heavy atom. The Bertz CT molecular complexity index is 1010. The van der Waals surface area contributed by atoms with E-state index in [1.165, 1.54) is 16.3 Å². The van der Waals surface area contributed by atoms with Gasteiger partial charge in [-0.2, -0.15) is 0 Å². The molecule has 0 aliphatic carbocycles. The first-order valence-electron chi connectivity index (χ1n) is 11.2. The van der Waals surface area contributed by atoms with E-state index in [0.29, 0.717) is 13.0 Å². The van der Waals surface area contributed by atoms with E-state index in [2.05, 4.69) is 47.9 Å². The Morgan fingerprint density at radius 3 is 2.34 bits per heavy atom. The predicted molar refractivity (Wildman–Crippen MR) is 130 cm³/mol. The average molecular weight is 435 g/mol. The highest BCUT2D eigenvalue weighted by Crippen LogP contribution is 2.24. The molecule has 0 spiro atoms. The van der Waals surface area contributed by atoms with Crippen LogP contribution in [0.3, 0.4) is 0 Å². The summed E-state index contributed by atoms with van der Waals surface area (Å²) in [5.41, 5.74) is 1.61. The Hall–Kier alpha value is -2.89. The number of rotatable bonds is 8. The summed E-state index contributed by atoms with van der Waals surface area (Å²) in [5, 5.41) is 19.7. The number of ether oxygens (including phenoxy) is 1. The van der Waals surface area contributed by atoms with Crippen LogP contribution < -0.4 is 10.6 Å². The lowest BCUT2D eigenvalue weighted by Gasteiger charge is -2.28. The largest absolute Gasteiger partial charge is 0.444 e. The molecule has 0 heterocycles. The fourth-order valence-electron chi connectivity index (χ4n) is 3.79. The van der Waals surface area contributed by atoms with Crippen LogP contribution in [0.4, 0.5) is 4.79 Å². The number of benzene rings is 3. The van der Waals surface area contributed by atoms with Crippen molar-refractivity contribution in [3.63, 3.8) is 0 Å². The van der Waals surface area contributed by atoms with Crippen LogP contribution in [0.1, 0.15) is 44.9 Å². The first kappa shape index (κ1) is 23.8. The normalized spacial score (nSPS) is 14.5. The molecule has 0 saturated carbocycles. The zero-order valence-electron chi connectivity index (χ0n) is 19.3. The second kappa shape index (κ2) is 10.6. The Morgan fingerprint density at radius 1 is 0.969 bits per heavy atom. The van der Waals surface area contributed by atoms with Gasteiger partial charge in [-0.15, -0.1) is 0 Å². The second-order valence-corrected chi connectivity index (χ2v) is 9.21. The minimum Gasteiger partial charge on any atom is -0.444 e. The number of carbonyl (C=O) groups excluding carboxylic acids is 1. The molecule has 0 unspecified atom stereocenters. The van der Waals surface area contributed by atoms with Crippen LogP contribution in [0.5, 0.6) is 0 Å². The standard InChI is InChI=1S/C27H34N2O3/c1-19(22-16-10-14-21-13-8-9-15-23(21)22)28-18-25(30)24(17-20-11-6-5-7-12-20)29-26(31)32-27(2,3)4/h5-16,19,24-25,28,30H,17-18H2,1-4H3,(H,29,31)/t19-,24-,25+/m0/s1. The maximum atomic E-state index is 12.4. The molecule has 5 heteroatoms. The van der Waals surface area contributed by atoms with E-state index in [0.717, 1.165) is 5.56 Å². The molecule has 3 N–H and O–H groups in total.